The van der Waals surface area contributed by atoms with E-state index in [-0.39, 0.29) is 0 Å². The highest BCUT2D eigenvalue weighted by atomic mass is 16.8. The first-order valence-corrected chi connectivity index (χ1v) is 33.6. The summed E-state index contributed by atoms with van der Waals surface area (Å²) >= 11 is 0. The Labute approximate surface area is 600 Å². The van der Waals surface area contributed by atoms with Crippen molar-refractivity contribution >= 4 is 29.6 Å². The highest BCUT2D eigenvalue weighted by Gasteiger charge is 2.63. The smallest absolute Gasteiger partial charge is 0.364 e. The van der Waals surface area contributed by atoms with Gasteiger partial charge in [0.2, 0.25) is 23.6 Å². The van der Waals surface area contributed by atoms with E-state index in [1.54, 1.807) is 0 Å². The minimum absolute atomic E-state index is 0.852. The molecule has 106 heavy (non-hydrogen) atoms. The van der Waals surface area contributed by atoms with Gasteiger partial charge in [-0.05, 0) is 6.92 Å². The Bertz CT molecular complexity index is 2860. The van der Waals surface area contributed by atoms with E-state index in [1.165, 1.54) is 6.92 Å². The maximum Gasteiger partial charge on any atom is 0.364 e. The zero-order chi connectivity index (χ0) is 78.6. The van der Waals surface area contributed by atoms with E-state index in [9.17, 15) is 141 Å². The van der Waals surface area contributed by atoms with Gasteiger partial charge in [0, 0.05) is 34.1 Å². The Morgan fingerprint density at radius 3 is 1.38 bits per heavy atom. The van der Waals surface area contributed by atoms with Crippen molar-refractivity contribution in [3.8, 4) is 0 Å². The SMILES string of the molecule is CC(=O)N[C@H]1[C@H](OC[C@H]2OC(O)[C@H](NC(C)=O)[C@@H](O[C@@H]3O[C@H](CO)[C@H](O)[C@H](O[C@]4(C(=O)O)C[C@H](O)[C@@H](NC(C)=O)[C@H]([C@H](O)[C@H](O)CO)O4)[C@H]3O)[C@H]2O)O[C@H](CO)[C@@H](O[C@@H]2O[C@H](CO)[C@H](O)[C@H](O[C@@H]3O[C@H](CO)[C@@H](O)[C@H](O[C@@H]4O[C@H](CO)[C@H](O)[C@H](O)[C@H]4O[C@@H]4O[C@@H](C)[C@@H](O)[C@@H](O)[C@@H]4O)[C@H]3NC(C)=O)[C@H]2O)[C@@H]1O. The Kier molecular flexibility index (Phi) is 30.9. The largest absolute Gasteiger partial charge is 0.477 e. The minimum Gasteiger partial charge on any atom is -0.477 e. The van der Waals surface area contributed by atoms with Gasteiger partial charge >= 0.3 is 5.97 Å². The molecule has 0 aromatic heterocycles. The van der Waals surface area contributed by atoms with Crippen LogP contribution in [0.2, 0.25) is 0 Å². The third-order valence-electron chi connectivity index (χ3n) is 19.2. The molecule has 0 radical (unpaired) electrons. The van der Waals surface area contributed by atoms with Crippen molar-refractivity contribution < 1.29 is 212 Å². The molecule has 0 bridgehead atoms. The lowest BCUT2D eigenvalue weighted by atomic mass is 9.88. The van der Waals surface area contributed by atoms with Gasteiger partial charge in [-0.2, -0.15) is 0 Å². The average Bonchev–Trinajstić information content (AvgIpc) is 0.722. The molecule has 1 unspecified atom stereocenters. The van der Waals surface area contributed by atoms with Crippen LogP contribution >= 0.6 is 0 Å². The van der Waals surface area contributed by atoms with Gasteiger partial charge in [-0.3, -0.25) is 19.2 Å². The zero-order valence-corrected chi connectivity index (χ0v) is 57.2. The molecule has 47 heteroatoms. The van der Waals surface area contributed by atoms with E-state index < -0.39 is 333 Å². The summed E-state index contributed by atoms with van der Waals surface area (Å²) in [5.41, 5.74) is 0. The number of ether oxygens (including phenoxy) is 15. The molecular formula is C59H98N4O43. The number of carboxylic acid groups (broad SMARTS) is 1. The first-order chi connectivity index (χ1) is 49.9. The molecule has 8 rings (SSSR count). The van der Waals surface area contributed by atoms with E-state index in [2.05, 4.69) is 21.3 Å². The molecule has 0 aromatic carbocycles. The molecule has 0 spiro atoms. The summed E-state index contributed by atoms with van der Waals surface area (Å²) in [7, 11) is 0. The van der Waals surface area contributed by atoms with Crippen molar-refractivity contribution in [3.63, 3.8) is 0 Å². The van der Waals surface area contributed by atoms with Crippen molar-refractivity contribution in [1.29, 1.82) is 0 Å². The first kappa shape index (κ1) is 87.4. The first-order valence-electron chi connectivity index (χ1n) is 33.6. The molecule has 4 amide bonds. The van der Waals surface area contributed by atoms with E-state index in [0.29, 0.717) is 0 Å². The van der Waals surface area contributed by atoms with Crippen LogP contribution in [0.4, 0.5) is 0 Å². The second kappa shape index (κ2) is 37.5. The maximum absolute atomic E-state index is 13.2. The van der Waals surface area contributed by atoms with Crippen molar-refractivity contribution in [2.24, 2.45) is 0 Å². The van der Waals surface area contributed by atoms with Crippen LogP contribution in [0, 0.1) is 0 Å². The molecule has 27 N–H and O–H groups in total. The molecule has 612 valence electrons. The highest BCUT2D eigenvalue weighted by molar-refractivity contribution is 5.77. The summed E-state index contributed by atoms with van der Waals surface area (Å²) in [5.74, 6) is -8.98. The molecule has 8 aliphatic rings. The third-order valence-corrected chi connectivity index (χ3v) is 19.2. The molecular weight excluding hydrogens is 1450 g/mol. The number of aliphatic hydroxyl groups excluding tert-OH is 22. The molecule has 0 aromatic rings. The van der Waals surface area contributed by atoms with E-state index >= 15 is 0 Å². The van der Waals surface area contributed by atoms with Gasteiger partial charge in [0.15, 0.2) is 44.0 Å². The van der Waals surface area contributed by atoms with E-state index in [1.807, 2.05) is 0 Å². The maximum atomic E-state index is 13.2. The van der Waals surface area contributed by atoms with Crippen LogP contribution in [0.25, 0.3) is 0 Å². The lowest BCUT2D eigenvalue weighted by Gasteiger charge is -2.51. The number of nitrogens with one attached hydrogen (secondary N) is 4. The lowest BCUT2D eigenvalue weighted by Crippen LogP contribution is -2.71. The second-order valence-electron chi connectivity index (χ2n) is 26.8. The summed E-state index contributed by atoms with van der Waals surface area (Å²) in [5, 5.41) is 263. The number of rotatable bonds is 28. The number of aliphatic hydroxyl groups is 22. The van der Waals surface area contributed by atoms with Crippen LogP contribution in [0.3, 0.4) is 0 Å². The van der Waals surface area contributed by atoms with Gasteiger partial charge in [-0.15, -0.1) is 0 Å². The molecule has 8 aliphatic heterocycles. The summed E-state index contributed by atoms with van der Waals surface area (Å²) in [4.78, 5) is 63.8. The number of hydrogen-bond acceptors (Lipinski definition) is 42. The number of carboxylic acids is 1. The zero-order valence-electron chi connectivity index (χ0n) is 57.2. The molecule has 41 atom stereocenters. The molecule has 0 aliphatic carbocycles. The Morgan fingerprint density at radius 2 is 0.830 bits per heavy atom. The summed E-state index contributed by atoms with van der Waals surface area (Å²) in [6, 6.07) is -7.31. The monoisotopic (exact) mass is 1550 g/mol. The fourth-order valence-corrected chi connectivity index (χ4v) is 13.6. The quantitative estimate of drug-likeness (QED) is 0.0346. The minimum atomic E-state index is -3.25. The Balaban J connectivity index is 1.00. The fourth-order valence-electron chi connectivity index (χ4n) is 13.6. The highest BCUT2D eigenvalue weighted by Crippen LogP contribution is 2.41. The molecule has 0 saturated carbocycles. The van der Waals surface area contributed by atoms with Crippen LogP contribution in [0.1, 0.15) is 41.0 Å². The van der Waals surface area contributed by atoms with E-state index in [0.717, 1.165) is 27.7 Å². The van der Waals surface area contributed by atoms with Crippen LogP contribution < -0.4 is 21.3 Å². The number of carbonyl (C=O) groups excluding carboxylic acids is 4. The van der Waals surface area contributed by atoms with Crippen molar-refractivity contribution in [2.45, 2.75) is 292 Å². The average molecular weight is 1550 g/mol. The van der Waals surface area contributed by atoms with Gasteiger partial charge in [-0.1, -0.05) is 0 Å². The predicted octanol–water partition coefficient (Wildman–Crippen LogP) is -17.6. The predicted molar refractivity (Wildman–Crippen MR) is 327 cm³/mol. The normalized spacial score (nSPS) is 47.2. The number of hydrogen-bond donors (Lipinski definition) is 27. The lowest BCUT2D eigenvalue weighted by molar-refractivity contribution is -0.389. The number of carbonyl (C=O) groups is 5. The molecule has 8 fully saturated rings. The van der Waals surface area contributed by atoms with Gasteiger partial charge in [0.05, 0.1) is 64.5 Å². The topological polar surface area (TPSA) is 737 Å². The summed E-state index contributed by atoms with van der Waals surface area (Å²) in [6.07, 6.45) is -74.8. The summed E-state index contributed by atoms with van der Waals surface area (Å²) < 4.78 is 87.5. The van der Waals surface area contributed by atoms with Crippen molar-refractivity contribution in [3.05, 3.63) is 0 Å². The second-order valence-corrected chi connectivity index (χ2v) is 26.8. The van der Waals surface area contributed by atoms with Crippen LogP contribution in [0.15, 0.2) is 0 Å². The third kappa shape index (κ3) is 19.1. The molecule has 47 nitrogen and oxygen atoms in total. The number of aliphatic carboxylic acids is 1. The van der Waals surface area contributed by atoms with Crippen molar-refractivity contribution in [1.82, 2.24) is 21.3 Å². The van der Waals surface area contributed by atoms with Crippen LogP contribution in [-0.4, -0.2) is 444 Å². The Morgan fingerprint density at radius 1 is 0.406 bits per heavy atom. The molecule has 8 heterocycles. The Hall–Kier alpha value is -4.13. The number of amides is 4. The van der Waals surface area contributed by atoms with Gasteiger partial charge in [0.1, 0.15) is 183 Å². The van der Waals surface area contributed by atoms with Gasteiger partial charge in [-0.25, -0.2) is 4.79 Å². The fraction of sp³-hybridized carbons (Fsp3) is 0.915. The van der Waals surface area contributed by atoms with Crippen LogP contribution in [-0.2, 0) is 95.0 Å². The van der Waals surface area contributed by atoms with Gasteiger partial charge in [0.25, 0.3) is 5.79 Å². The van der Waals surface area contributed by atoms with Crippen LogP contribution in [0.5, 0.6) is 0 Å². The van der Waals surface area contributed by atoms with E-state index in [4.69, 9.17) is 71.1 Å². The van der Waals surface area contributed by atoms with Gasteiger partial charge < -0.3 is 210 Å². The molecule has 8 saturated heterocycles. The summed E-state index contributed by atoms with van der Waals surface area (Å²) in [6.45, 7) is -2.59. The van der Waals surface area contributed by atoms with Crippen molar-refractivity contribution in [2.75, 3.05) is 46.2 Å². The standard InChI is InChI=1S/C59H98N4O43/c1-14-31(76)39(84)41(86)54(93-14)104-50-40(85)33(78)21(8-65)98-57(50)102-46-30(63-18(5)73)53(95-22(9-66)34(46)79)103-48-35(80)23(10-67)96-55(42(48)87)100-44-25(12-69)99-52(28(38(44)83)61-16(3)71)92-13-26-37(82)45(29(51(89)94-26)62-17(4)72)101-56-43(88)49(36(81)24(11-68)97-56)106-59(58(90)91)6-19(74)27(60-15(2)70)47(105-59)32(77)20(75)7-64/h14,19-57,64-69,74-89H,6-13H2,1-5H3,(H,60,70)(H,61,71)(H,62,72)(H,63,73)(H,90,91)/t14-,19-,20+,21+,22+,23+,24+,25+,26+,27+,28+,29+,30+,31+,32+,33-,34+,35-,36-,37-,38+,39+,40-,41-,42+,43+,44+,45+,46+,47+,48-,49-,50+,51?,52+,53-,54-,55-,56-,57-,59-/m0/s1.